The summed E-state index contributed by atoms with van der Waals surface area (Å²) in [6, 6.07) is 0. The zero-order valence-electron chi connectivity index (χ0n) is 32.5. The molecule has 302 valence electrons. The highest BCUT2D eigenvalue weighted by molar-refractivity contribution is 5.70. The molecule has 10 heteroatoms. The Labute approximate surface area is 319 Å². The topological polar surface area (TPSA) is 152 Å². The monoisotopic (exact) mass is 746 g/mol. The Morgan fingerprint density at radius 3 is 1.57 bits per heavy atom. The molecular weight excluding hydrogens is 676 g/mol. The van der Waals surface area contributed by atoms with E-state index in [-0.39, 0.29) is 26.1 Å². The third-order valence-electron chi connectivity index (χ3n) is 8.71. The highest BCUT2D eigenvalue weighted by Crippen LogP contribution is 2.22. The molecule has 0 aromatic heterocycles. The van der Waals surface area contributed by atoms with Crippen molar-refractivity contribution in [1.82, 2.24) is 0 Å². The van der Waals surface area contributed by atoms with Crippen molar-refractivity contribution in [2.45, 2.75) is 166 Å². The van der Waals surface area contributed by atoms with E-state index in [0.717, 1.165) is 70.6 Å². The Morgan fingerprint density at radius 2 is 1.06 bits per heavy atom. The lowest BCUT2D eigenvalue weighted by Gasteiger charge is -2.39. The molecule has 0 spiro atoms. The second kappa shape index (κ2) is 33.7. The molecule has 1 saturated heterocycles. The minimum absolute atomic E-state index is 0.200. The van der Waals surface area contributed by atoms with Gasteiger partial charge in [-0.1, -0.05) is 138 Å². The Hall–Kier alpha value is -2.86. The molecule has 10 nitrogen and oxygen atoms in total. The van der Waals surface area contributed by atoms with Crippen LogP contribution in [0.2, 0.25) is 0 Å². The summed E-state index contributed by atoms with van der Waals surface area (Å²) in [5.74, 6) is -0.855. The number of hydrogen-bond acceptors (Lipinski definition) is 10. The molecule has 0 amide bonds. The van der Waals surface area contributed by atoms with E-state index < -0.39 is 55.4 Å². The first kappa shape index (κ1) is 48.2. The van der Waals surface area contributed by atoms with E-state index in [4.69, 9.17) is 18.9 Å². The number of rotatable bonds is 31. The number of carbonyl (C=O) groups excluding carboxylic acids is 2. The quantitative estimate of drug-likeness (QED) is 0.0316. The fourth-order valence-electron chi connectivity index (χ4n) is 5.54. The van der Waals surface area contributed by atoms with Gasteiger partial charge >= 0.3 is 11.9 Å². The van der Waals surface area contributed by atoms with Crippen molar-refractivity contribution in [3.63, 3.8) is 0 Å². The number of esters is 2. The predicted octanol–water partition coefficient (Wildman–Crippen LogP) is 7.66. The van der Waals surface area contributed by atoms with E-state index in [2.05, 4.69) is 62.5 Å². The molecule has 3 unspecified atom stereocenters. The van der Waals surface area contributed by atoms with E-state index in [9.17, 15) is 30.0 Å². The number of unbranched alkanes of at least 4 members (excludes halogenated alkanes) is 12. The Morgan fingerprint density at radius 1 is 0.585 bits per heavy atom. The molecule has 1 aliphatic rings. The first-order chi connectivity index (χ1) is 25.8. The van der Waals surface area contributed by atoms with Gasteiger partial charge in [-0.15, -0.1) is 0 Å². The molecule has 0 aromatic carbocycles. The third-order valence-corrected chi connectivity index (χ3v) is 8.71. The first-order valence-corrected chi connectivity index (χ1v) is 20.1. The van der Waals surface area contributed by atoms with E-state index in [1.807, 2.05) is 24.3 Å². The molecule has 4 N–H and O–H groups in total. The summed E-state index contributed by atoms with van der Waals surface area (Å²) in [5.41, 5.74) is 0. The lowest BCUT2D eigenvalue weighted by Crippen LogP contribution is -2.59. The average molecular weight is 747 g/mol. The van der Waals surface area contributed by atoms with Crippen LogP contribution in [0.15, 0.2) is 72.9 Å². The molecule has 1 fully saturated rings. The Kier molecular flexibility index (Phi) is 30.6. The summed E-state index contributed by atoms with van der Waals surface area (Å²) in [4.78, 5) is 25.2. The van der Waals surface area contributed by atoms with Gasteiger partial charge in [0.15, 0.2) is 12.4 Å². The number of aliphatic hydroxyl groups excluding tert-OH is 4. The number of hydrogen-bond donors (Lipinski definition) is 4. The van der Waals surface area contributed by atoms with Crippen LogP contribution in [0.3, 0.4) is 0 Å². The smallest absolute Gasteiger partial charge is 0.306 e. The third kappa shape index (κ3) is 25.7. The second-order valence-corrected chi connectivity index (χ2v) is 13.4. The summed E-state index contributed by atoms with van der Waals surface area (Å²) in [6.07, 6.45) is 33.4. The number of carbonyl (C=O) groups is 2. The molecule has 6 atom stereocenters. The fraction of sp³-hybridized carbons (Fsp3) is 0.674. The van der Waals surface area contributed by atoms with Gasteiger partial charge in [-0.2, -0.15) is 0 Å². The van der Waals surface area contributed by atoms with Crippen molar-refractivity contribution in [3.05, 3.63) is 72.9 Å². The minimum Gasteiger partial charge on any atom is -0.462 e. The van der Waals surface area contributed by atoms with Crippen LogP contribution in [0.4, 0.5) is 0 Å². The van der Waals surface area contributed by atoms with Crippen LogP contribution < -0.4 is 0 Å². The highest BCUT2D eigenvalue weighted by Gasteiger charge is 2.44. The molecule has 1 aliphatic heterocycles. The van der Waals surface area contributed by atoms with Crippen molar-refractivity contribution in [3.8, 4) is 0 Å². The van der Waals surface area contributed by atoms with Gasteiger partial charge in [-0.25, -0.2) is 0 Å². The van der Waals surface area contributed by atoms with E-state index in [0.29, 0.717) is 12.8 Å². The first-order valence-electron chi connectivity index (χ1n) is 20.1. The van der Waals surface area contributed by atoms with E-state index >= 15 is 0 Å². The van der Waals surface area contributed by atoms with Crippen LogP contribution >= 0.6 is 0 Å². The Bertz CT molecular complexity index is 1090. The van der Waals surface area contributed by atoms with Crippen LogP contribution in [0.5, 0.6) is 0 Å². The molecular formula is C43H70O10. The van der Waals surface area contributed by atoms with Crippen molar-refractivity contribution in [2.24, 2.45) is 0 Å². The molecule has 0 aromatic rings. The van der Waals surface area contributed by atoms with E-state index in [1.165, 1.54) is 19.3 Å². The zero-order chi connectivity index (χ0) is 38.8. The zero-order valence-corrected chi connectivity index (χ0v) is 32.5. The summed E-state index contributed by atoms with van der Waals surface area (Å²) >= 11 is 0. The van der Waals surface area contributed by atoms with Crippen LogP contribution in [-0.2, 0) is 28.5 Å². The van der Waals surface area contributed by atoms with Gasteiger partial charge in [-0.05, 0) is 51.4 Å². The van der Waals surface area contributed by atoms with Gasteiger partial charge in [0.05, 0.1) is 13.2 Å². The fourth-order valence-corrected chi connectivity index (χ4v) is 5.54. The second-order valence-electron chi connectivity index (χ2n) is 13.4. The molecule has 0 radical (unpaired) electrons. The SMILES string of the molecule is CC/C=C/C=C/C=C/CCCCCCCCCC(=O)OCC(CO[C@H]1O[C@@H](CO)[C@@H](O)C(O)C1O)OC(=O)CCCCCCC/C=C/C=C/C=C/CC. The lowest BCUT2D eigenvalue weighted by atomic mass is 9.99. The standard InChI is InChI=1S/C43H70O10/c1-3-5-7-9-11-13-15-17-18-20-21-23-25-27-29-31-38(45)50-34-36(35-51-43-42(49)41(48)40(47)37(33-44)53-43)52-39(46)32-30-28-26-24-22-19-16-14-12-10-8-6-4-2/h5-16,36-37,40-44,47-49H,3-4,17-35H2,1-2H3/b7-5+,8-6+,11-9+,12-10+,15-13+,16-14+/t36?,37-,40+,41?,42?,43-/m0/s1. The Balaban J connectivity index is 2.40. The summed E-state index contributed by atoms with van der Waals surface area (Å²) in [7, 11) is 0. The summed E-state index contributed by atoms with van der Waals surface area (Å²) < 4.78 is 22.0. The molecule has 0 bridgehead atoms. The van der Waals surface area contributed by atoms with Gasteiger partial charge in [0.1, 0.15) is 31.0 Å². The maximum absolute atomic E-state index is 12.7. The van der Waals surface area contributed by atoms with Crippen molar-refractivity contribution < 1.29 is 49.0 Å². The maximum Gasteiger partial charge on any atom is 0.306 e. The van der Waals surface area contributed by atoms with Crippen LogP contribution in [0.25, 0.3) is 0 Å². The largest absolute Gasteiger partial charge is 0.462 e. The maximum atomic E-state index is 12.7. The van der Waals surface area contributed by atoms with Gasteiger partial charge < -0.3 is 39.4 Å². The van der Waals surface area contributed by atoms with E-state index in [1.54, 1.807) is 0 Å². The average Bonchev–Trinajstić information content (AvgIpc) is 3.15. The van der Waals surface area contributed by atoms with Crippen LogP contribution in [0.1, 0.15) is 129 Å². The summed E-state index contributed by atoms with van der Waals surface area (Å²) in [5, 5.41) is 40.0. The molecule has 53 heavy (non-hydrogen) atoms. The normalized spacial score (nSPS) is 21.7. The van der Waals surface area contributed by atoms with Crippen LogP contribution in [0, 0.1) is 0 Å². The number of ether oxygens (including phenoxy) is 4. The predicted molar refractivity (Wildman–Crippen MR) is 210 cm³/mol. The van der Waals surface area contributed by atoms with Crippen molar-refractivity contribution in [2.75, 3.05) is 19.8 Å². The number of aliphatic hydroxyl groups is 4. The van der Waals surface area contributed by atoms with Gasteiger partial charge in [0.25, 0.3) is 0 Å². The number of allylic oxidation sites excluding steroid dienone is 12. The van der Waals surface area contributed by atoms with Crippen molar-refractivity contribution >= 4 is 11.9 Å². The van der Waals surface area contributed by atoms with Gasteiger partial charge in [0.2, 0.25) is 0 Å². The van der Waals surface area contributed by atoms with Crippen LogP contribution in [-0.4, -0.2) is 89.0 Å². The van der Waals surface area contributed by atoms with Crippen molar-refractivity contribution in [1.29, 1.82) is 0 Å². The molecule has 0 saturated carbocycles. The highest BCUT2D eigenvalue weighted by atomic mass is 16.7. The summed E-state index contributed by atoms with van der Waals surface area (Å²) in [6.45, 7) is 3.09. The van der Waals surface area contributed by atoms with Gasteiger partial charge in [-0.3, -0.25) is 9.59 Å². The molecule has 1 heterocycles. The minimum atomic E-state index is -1.60. The molecule has 1 rings (SSSR count). The molecule has 0 aliphatic carbocycles. The van der Waals surface area contributed by atoms with Gasteiger partial charge in [0, 0.05) is 12.8 Å². The lowest BCUT2D eigenvalue weighted by molar-refractivity contribution is -0.305.